The van der Waals surface area contributed by atoms with Gasteiger partial charge < -0.3 is 18.9 Å². The van der Waals surface area contributed by atoms with E-state index in [1.165, 1.54) is 6.08 Å². The highest BCUT2D eigenvalue weighted by Gasteiger charge is 2.28. The molecular weight excluding hydrogens is 609 g/mol. The summed E-state index contributed by atoms with van der Waals surface area (Å²) in [7, 11) is 0. The monoisotopic (exact) mass is 643 g/mol. The summed E-state index contributed by atoms with van der Waals surface area (Å²) in [5.74, 6) is 0.916. The van der Waals surface area contributed by atoms with E-state index in [0.717, 1.165) is 64.6 Å². The lowest BCUT2D eigenvalue weighted by atomic mass is 10.1. The van der Waals surface area contributed by atoms with E-state index in [0.29, 0.717) is 37.8 Å². The van der Waals surface area contributed by atoms with Crippen LogP contribution in [0.5, 0.6) is 5.75 Å². The number of carbonyl (C=O) groups excluding carboxylic acids is 2. The van der Waals surface area contributed by atoms with Crippen LogP contribution in [-0.2, 0) is 14.0 Å². The van der Waals surface area contributed by atoms with E-state index in [1.54, 1.807) is 18.3 Å². The van der Waals surface area contributed by atoms with Gasteiger partial charge in [-0.1, -0.05) is 29.2 Å². The molecule has 1 unspecified atom stereocenters. The zero-order valence-electron chi connectivity index (χ0n) is 22.2. The number of nitrogens with one attached hydrogen (secondary N) is 1. The number of carbonyl (C=O) groups is 2. The SMILES string of the molecule is C=CC(=O)N1CCCCC(n2c(NC(=O)c3ccnc(C)c3)nc3cc(OC4CCOCC4)cc(CI)c32)C1. The Morgan fingerprint density at radius 1 is 1.23 bits per heavy atom. The lowest BCUT2D eigenvalue weighted by Crippen LogP contribution is -2.34. The van der Waals surface area contributed by atoms with E-state index in [4.69, 9.17) is 14.5 Å². The molecule has 2 fully saturated rings. The smallest absolute Gasteiger partial charge is 0.258 e. The van der Waals surface area contributed by atoms with Crippen molar-refractivity contribution in [1.82, 2.24) is 19.4 Å². The molecule has 39 heavy (non-hydrogen) atoms. The Bertz CT molecular complexity index is 1370. The van der Waals surface area contributed by atoms with Gasteiger partial charge in [-0.15, -0.1) is 0 Å². The summed E-state index contributed by atoms with van der Waals surface area (Å²) in [5.41, 5.74) is 4.08. The predicted octanol–water partition coefficient (Wildman–Crippen LogP) is 5.22. The van der Waals surface area contributed by atoms with Gasteiger partial charge in [-0.05, 0) is 56.0 Å². The Labute approximate surface area is 242 Å². The highest BCUT2D eigenvalue weighted by molar-refractivity contribution is 14.1. The molecule has 2 aliphatic rings. The number of aryl methyl sites for hydroxylation is 1. The third kappa shape index (κ3) is 6.27. The first kappa shape index (κ1) is 27.6. The normalized spacial score (nSPS) is 18.5. The van der Waals surface area contributed by atoms with Crippen molar-refractivity contribution < 1.29 is 19.1 Å². The van der Waals surface area contributed by atoms with Gasteiger partial charge in [-0.3, -0.25) is 19.9 Å². The molecule has 3 aromatic rings. The van der Waals surface area contributed by atoms with Gasteiger partial charge in [0.1, 0.15) is 11.9 Å². The van der Waals surface area contributed by atoms with Gasteiger partial charge in [-0.2, -0.15) is 0 Å². The molecule has 2 amide bonds. The maximum absolute atomic E-state index is 13.3. The van der Waals surface area contributed by atoms with Gasteiger partial charge in [0.05, 0.1) is 30.3 Å². The highest BCUT2D eigenvalue weighted by atomic mass is 127. The number of likely N-dealkylation sites (tertiary alicyclic amines) is 1. The molecule has 0 radical (unpaired) electrons. The molecule has 2 aromatic heterocycles. The predicted molar refractivity (Wildman–Crippen MR) is 159 cm³/mol. The molecule has 10 heteroatoms. The van der Waals surface area contributed by atoms with Crippen molar-refractivity contribution >= 4 is 51.4 Å². The number of rotatable bonds is 7. The van der Waals surface area contributed by atoms with Gasteiger partial charge in [0.25, 0.3) is 5.91 Å². The summed E-state index contributed by atoms with van der Waals surface area (Å²) in [5, 5.41) is 3.07. The number of benzene rings is 1. The lowest BCUT2D eigenvalue weighted by molar-refractivity contribution is -0.126. The van der Waals surface area contributed by atoms with Gasteiger partial charge >= 0.3 is 0 Å². The minimum absolute atomic E-state index is 0.0557. The number of aromatic nitrogens is 3. The molecule has 5 rings (SSSR count). The van der Waals surface area contributed by atoms with Crippen LogP contribution in [0.1, 0.15) is 59.8 Å². The van der Waals surface area contributed by atoms with Crippen molar-refractivity contribution in [3.63, 3.8) is 0 Å². The fourth-order valence-corrected chi connectivity index (χ4v) is 5.99. The van der Waals surface area contributed by atoms with Gasteiger partial charge in [0.2, 0.25) is 11.9 Å². The van der Waals surface area contributed by atoms with Crippen LogP contribution < -0.4 is 10.1 Å². The van der Waals surface area contributed by atoms with Crippen LogP contribution in [0.25, 0.3) is 11.0 Å². The third-order valence-electron chi connectivity index (χ3n) is 7.33. The topological polar surface area (TPSA) is 98.6 Å². The fraction of sp³-hybridized carbons (Fsp3) is 0.448. The molecule has 0 saturated carbocycles. The first-order valence-corrected chi connectivity index (χ1v) is 15.0. The number of hydrogen-bond acceptors (Lipinski definition) is 6. The zero-order chi connectivity index (χ0) is 27.4. The Hall–Kier alpha value is -2.99. The van der Waals surface area contributed by atoms with Crippen LogP contribution >= 0.6 is 22.6 Å². The molecule has 0 spiro atoms. The van der Waals surface area contributed by atoms with E-state index in [-0.39, 0.29) is 24.0 Å². The quantitative estimate of drug-likeness (QED) is 0.215. The van der Waals surface area contributed by atoms with Crippen LogP contribution in [0.15, 0.2) is 43.1 Å². The van der Waals surface area contributed by atoms with Crippen molar-refractivity contribution in [2.24, 2.45) is 0 Å². The Kier molecular flexibility index (Phi) is 8.81. The minimum Gasteiger partial charge on any atom is -0.490 e. The first-order valence-electron chi connectivity index (χ1n) is 13.5. The van der Waals surface area contributed by atoms with E-state index in [9.17, 15) is 9.59 Å². The van der Waals surface area contributed by atoms with Crippen molar-refractivity contribution in [2.75, 3.05) is 31.6 Å². The highest BCUT2D eigenvalue weighted by Crippen LogP contribution is 2.36. The van der Waals surface area contributed by atoms with Gasteiger partial charge in [0, 0.05) is 53.9 Å². The van der Waals surface area contributed by atoms with Gasteiger partial charge in [-0.25, -0.2) is 4.98 Å². The van der Waals surface area contributed by atoms with Gasteiger partial charge in [0.15, 0.2) is 0 Å². The number of ether oxygens (including phenoxy) is 2. The Morgan fingerprint density at radius 2 is 2.05 bits per heavy atom. The molecule has 1 N–H and O–H groups in total. The summed E-state index contributed by atoms with van der Waals surface area (Å²) in [6.07, 6.45) is 7.57. The van der Waals surface area contributed by atoms with Crippen LogP contribution in [0.3, 0.4) is 0 Å². The van der Waals surface area contributed by atoms with Crippen LogP contribution in [-0.4, -0.2) is 63.7 Å². The van der Waals surface area contributed by atoms with Crippen LogP contribution in [0, 0.1) is 6.92 Å². The number of hydrogen-bond donors (Lipinski definition) is 1. The second-order valence-corrected chi connectivity index (χ2v) is 10.9. The van der Waals surface area contributed by atoms with Crippen molar-refractivity contribution in [3.8, 4) is 5.75 Å². The van der Waals surface area contributed by atoms with E-state index >= 15 is 0 Å². The molecule has 1 aromatic carbocycles. The molecule has 1 atom stereocenters. The fourth-order valence-electron chi connectivity index (χ4n) is 5.41. The zero-order valence-corrected chi connectivity index (χ0v) is 24.4. The first-order chi connectivity index (χ1) is 19.0. The summed E-state index contributed by atoms with van der Waals surface area (Å²) < 4.78 is 14.7. The minimum atomic E-state index is -0.251. The molecule has 2 aliphatic heterocycles. The number of amides is 2. The van der Waals surface area contributed by atoms with E-state index in [1.807, 2.05) is 17.9 Å². The van der Waals surface area contributed by atoms with Crippen molar-refractivity contribution in [1.29, 1.82) is 0 Å². The molecular formula is C29H34IN5O4. The second kappa shape index (κ2) is 12.5. The molecule has 0 bridgehead atoms. The molecule has 0 aliphatic carbocycles. The number of fused-ring (bicyclic) bond motifs is 1. The third-order valence-corrected chi connectivity index (χ3v) is 8.16. The van der Waals surface area contributed by atoms with E-state index in [2.05, 4.69) is 50.1 Å². The molecule has 4 heterocycles. The Morgan fingerprint density at radius 3 is 2.79 bits per heavy atom. The summed E-state index contributed by atoms with van der Waals surface area (Å²) >= 11 is 2.36. The van der Waals surface area contributed by atoms with Crippen LogP contribution in [0.2, 0.25) is 0 Å². The molecule has 9 nitrogen and oxygen atoms in total. The molecule has 2 saturated heterocycles. The van der Waals surface area contributed by atoms with Crippen LogP contribution in [0.4, 0.5) is 5.95 Å². The Balaban J connectivity index is 1.58. The number of anilines is 1. The second-order valence-electron chi connectivity index (χ2n) is 10.1. The summed E-state index contributed by atoms with van der Waals surface area (Å²) in [6, 6.07) is 7.45. The maximum atomic E-state index is 13.3. The maximum Gasteiger partial charge on any atom is 0.258 e. The summed E-state index contributed by atoms with van der Waals surface area (Å²) in [6.45, 7) is 8.16. The largest absolute Gasteiger partial charge is 0.490 e. The average Bonchev–Trinajstić information content (AvgIpc) is 3.12. The number of halogens is 1. The number of pyridine rings is 1. The number of imidazole rings is 1. The van der Waals surface area contributed by atoms with Crippen molar-refractivity contribution in [3.05, 3.63) is 59.9 Å². The number of nitrogens with zero attached hydrogens (tertiary/aromatic N) is 4. The summed E-state index contributed by atoms with van der Waals surface area (Å²) in [4.78, 5) is 37.0. The van der Waals surface area contributed by atoms with E-state index < -0.39 is 0 Å². The average molecular weight is 644 g/mol. The number of alkyl halides is 1. The molecule has 206 valence electrons. The van der Waals surface area contributed by atoms with Crippen molar-refractivity contribution in [2.45, 2.75) is 55.6 Å². The lowest BCUT2D eigenvalue weighted by Gasteiger charge is -2.27. The standard InChI is InChI=1S/C29H34IN5O4/c1-3-26(36)34-11-5-4-6-22(18-34)35-27-21(17-30)15-24(39-23-8-12-38-13-9-23)16-25(27)32-29(35)33-28(37)20-7-10-31-19(2)14-20/h3,7,10,14-16,22-23H,1,4-6,8-9,11-13,17-18H2,2H3,(H,32,33,37).